The fraction of sp³-hybridized carbons (Fsp3) is 0.467. The van der Waals surface area contributed by atoms with E-state index in [0.717, 1.165) is 6.42 Å². The van der Waals surface area contributed by atoms with Crippen molar-refractivity contribution in [3.63, 3.8) is 0 Å². The summed E-state index contributed by atoms with van der Waals surface area (Å²) in [6.45, 7) is 3.74. The minimum absolute atomic E-state index is 0.0486. The zero-order valence-corrected chi connectivity index (χ0v) is 13.4. The fourth-order valence-corrected chi connectivity index (χ4v) is 2.89. The van der Waals surface area contributed by atoms with Crippen LogP contribution in [0.4, 0.5) is 0 Å². The van der Waals surface area contributed by atoms with Gasteiger partial charge in [-0.15, -0.1) is 11.3 Å². The third-order valence-corrected chi connectivity index (χ3v) is 4.37. The van der Waals surface area contributed by atoms with Crippen LogP contribution in [-0.2, 0) is 23.9 Å². The first-order valence-electron chi connectivity index (χ1n) is 6.90. The molecule has 0 radical (unpaired) electrons. The van der Waals surface area contributed by atoms with Gasteiger partial charge in [0.2, 0.25) is 5.91 Å². The van der Waals surface area contributed by atoms with Crippen molar-refractivity contribution >= 4 is 17.2 Å². The summed E-state index contributed by atoms with van der Waals surface area (Å²) in [5.74, 6) is -0.166. The molecule has 0 aromatic carbocycles. The SMILES string of the molecule is CC(Cc1cccs1)C(=O)NCC(C)(O)c1cnn(C)c1. The van der Waals surface area contributed by atoms with E-state index in [9.17, 15) is 9.90 Å². The van der Waals surface area contributed by atoms with Crippen LogP contribution in [0.5, 0.6) is 0 Å². The van der Waals surface area contributed by atoms with Crippen LogP contribution < -0.4 is 5.32 Å². The summed E-state index contributed by atoms with van der Waals surface area (Å²) in [7, 11) is 1.79. The monoisotopic (exact) mass is 307 g/mol. The summed E-state index contributed by atoms with van der Waals surface area (Å²) in [5.41, 5.74) is -0.428. The molecule has 114 valence electrons. The van der Waals surface area contributed by atoms with E-state index in [1.54, 1.807) is 42.4 Å². The number of hydrogen-bond acceptors (Lipinski definition) is 4. The molecule has 6 heteroatoms. The zero-order chi connectivity index (χ0) is 15.5. The van der Waals surface area contributed by atoms with Crippen molar-refractivity contribution < 1.29 is 9.90 Å². The normalized spacial score (nSPS) is 15.4. The number of nitrogens with zero attached hydrogens (tertiary/aromatic N) is 2. The lowest BCUT2D eigenvalue weighted by atomic mass is 9.99. The maximum atomic E-state index is 12.1. The van der Waals surface area contributed by atoms with E-state index in [4.69, 9.17) is 0 Å². The van der Waals surface area contributed by atoms with Crippen LogP contribution in [0.2, 0.25) is 0 Å². The van der Waals surface area contributed by atoms with Crippen LogP contribution in [0.25, 0.3) is 0 Å². The number of aromatic nitrogens is 2. The third-order valence-electron chi connectivity index (χ3n) is 3.47. The Labute approximate surface area is 128 Å². The van der Waals surface area contributed by atoms with Gasteiger partial charge in [-0.3, -0.25) is 9.48 Å². The molecule has 2 rings (SSSR count). The number of carbonyl (C=O) groups excluding carboxylic acids is 1. The van der Waals surface area contributed by atoms with Crippen molar-refractivity contribution in [1.82, 2.24) is 15.1 Å². The second kappa shape index (κ2) is 6.41. The first kappa shape index (κ1) is 15.7. The van der Waals surface area contributed by atoms with Gasteiger partial charge in [0.25, 0.3) is 0 Å². The maximum absolute atomic E-state index is 12.1. The van der Waals surface area contributed by atoms with E-state index in [-0.39, 0.29) is 18.4 Å². The molecule has 0 bridgehead atoms. The Morgan fingerprint density at radius 2 is 2.38 bits per heavy atom. The number of rotatable bonds is 6. The van der Waals surface area contributed by atoms with Gasteiger partial charge in [-0.05, 0) is 24.8 Å². The molecule has 0 aliphatic carbocycles. The second-order valence-corrected chi connectivity index (χ2v) is 6.61. The summed E-state index contributed by atoms with van der Waals surface area (Å²) >= 11 is 1.65. The Bertz CT molecular complexity index is 590. The molecule has 2 heterocycles. The maximum Gasteiger partial charge on any atom is 0.223 e. The van der Waals surface area contributed by atoms with E-state index >= 15 is 0 Å². The average molecular weight is 307 g/mol. The van der Waals surface area contributed by atoms with Gasteiger partial charge >= 0.3 is 0 Å². The molecule has 21 heavy (non-hydrogen) atoms. The molecule has 0 aliphatic heterocycles. The Morgan fingerprint density at radius 1 is 1.62 bits per heavy atom. The van der Waals surface area contributed by atoms with Crippen molar-refractivity contribution in [2.75, 3.05) is 6.54 Å². The molecule has 0 aliphatic rings. The van der Waals surface area contributed by atoms with E-state index in [1.165, 1.54) is 4.88 Å². The number of aliphatic hydroxyl groups is 1. The lowest BCUT2D eigenvalue weighted by Crippen LogP contribution is -2.40. The summed E-state index contributed by atoms with van der Waals surface area (Å²) in [6, 6.07) is 4.01. The summed E-state index contributed by atoms with van der Waals surface area (Å²) < 4.78 is 1.63. The lowest BCUT2D eigenvalue weighted by molar-refractivity contribution is -0.125. The summed E-state index contributed by atoms with van der Waals surface area (Å²) in [4.78, 5) is 13.3. The van der Waals surface area contributed by atoms with Crippen molar-refractivity contribution in [2.24, 2.45) is 13.0 Å². The molecule has 2 aromatic rings. The highest BCUT2D eigenvalue weighted by Gasteiger charge is 2.26. The molecule has 2 unspecified atom stereocenters. The largest absolute Gasteiger partial charge is 0.383 e. The van der Waals surface area contributed by atoms with E-state index < -0.39 is 5.60 Å². The Balaban J connectivity index is 1.88. The topological polar surface area (TPSA) is 67.2 Å². The van der Waals surface area contributed by atoms with Crippen molar-refractivity contribution in [3.05, 3.63) is 40.3 Å². The number of hydrogen-bond donors (Lipinski definition) is 2. The highest BCUT2D eigenvalue weighted by Crippen LogP contribution is 2.19. The van der Waals surface area contributed by atoms with Crippen LogP contribution in [0.1, 0.15) is 24.3 Å². The van der Waals surface area contributed by atoms with Gasteiger partial charge in [0.15, 0.2) is 0 Å². The molecule has 5 nitrogen and oxygen atoms in total. The smallest absolute Gasteiger partial charge is 0.223 e. The van der Waals surface area contributed by atoms with Crippen molar-refractivity contribution in [3.8, 4) is 0 Å². The molecule has 1 amide bonds. The van der Waals surface area contributed by atoms with E-state index in [1.807, 2.05) is 24.4 Å². The van der Waals surface area contributed by atoms with Crippen molar-refractivity contribution in [1.29, 1.82) is 0 Å². The van der Waals surface area contributed by atoms with Gasteiger partial charge in [-0.25, -0.2) is 0 Å². The lowest BCUT2D eigenvalue weighted by Gasteiger charge is -2.23. The highest BCUT2D eigenvalue weighted by atomic mass is 32.1. The van der Waals surface area contributed by atoms with Crippen LogP contribution in [0.3, 0.4) is 0 Å². The summed E-state index contributed by atoms with van der Waals surface area (Å²) in [5, 5.41) is 19.3. The number of carbonyl (C=O) groups is 1. The zero-order valence-electron chi connectivity index (χ0n) is 12.5. The Kier molecular flexibility index (Phi) is 4.80. The predicted octanol–water partition coefficient (Wildman–Crippen LogP) is 1.68. The first-order valence-corrected chi connectivity index (χ1v) is 7.78. The van der Waals surface area contributed by atoms with Crippen LogP contribution in [0, 0.1) is 5.92 Å². The Hall–Kier alpha value is -1.66. The number of nitrogens with one attached hydrogen (secondary N) is 1. The first-order chi connectivity index (χ1) is 9.88. The van der Waals surface area contributed by atoms with Gasteiger partial charge in [0, 0.05) is 29.6 Å². The van der Waals surface area contributed by atoms with Gasteiger partial charge in [-0.1, -0.05) is 13.0 Å². The van der Waals surface area contributed by atoms with E-state index in [0.29, 0.717) is 5.56 Å². The quantitative estimate of drug-likeness (QED) is 0.853. The van der Waals surface area contributed by atoms with Crippen LogP contribution in [-0.4, -0.2) is 27.3 Å². The van der Waals surface area contributed by atoms with Gasteiger partial charge in [0.05, 0.1) is 12.7 Å². The second-order valence-electron chi connectivity index (χ2n) is 5.58. The number of aryl methyl sites for hydroxylation is 1. The molecular weight excluding hydrogens is 286 g/mol. The van der Waals surface area contributed by atoms with Gasteiger partial charge in [-0.2, -0.15) is 5.10 Å². The standard InChI is InChI=1S/C15H21N3O2S/c1-11(7-13-5-4-6-21-13)14(19)16-10-15(2,20)12-8-17-18(3)9-12/h4-6,8-9,11,20H,7,10H2,1-3H3,(H,16,19). The number of thiophene rings is 1. The van der Waals surface area contributed by atoms with Crippen LogP contribution >= 0.6 is 11.3 Å². The highest BCUT2D eigenvalue weighted by molar-refractivity contribution is 7.09. The molecule has 0 saturated carbocycles. The molecule has 2 atom stereocenters. The molecular formula is C15H21N3O2S. The van der Waals surface area contributed by atoms with E-state index in [2.05, 4.69) is 10.4 Å². The Morgan fingerprint density at radius 3 is 2.95 bits per heavy atom. The summed E-state index contributed by atoms with van der Waals surface area (Å²) in [6.07, 6.45) is 4.08. The molecule has 2 N–H and O–H groups in total. The predicted molar refractivity (Wildman–Crippen MR) is 83.0 cm³/mol. The minimum atomic E-state index is -1.12. The van der Waals surface area contributed by atoms with Crippen LogP contribution in [0.15, 0.2) is 29.9 Å². The fourth-order valence-electron chi connectivity index (χ4n) is 2.06. The van der Waals surface area contributed by atoms with Crippen molar-refractivity contribution in [2.45, 2.75) is 25.9 Å². The molecule has 0 spiro atoms. The average Bonchev–Trinajstić information content (AvgIpc) is 3.07. The molecule has 0 saturated heterocycles. The third kappa shape index (κ3) is 4.15. The molecule has 2 aromatic heterocycles. The van der Waals surface area contributed by atoms with Gasteiger partial charge < -0.3 is 10.4 Å². The molecule has 0 fully saturated rings. The van der Waals surface area contributed by atoms with Gasteiger partial charge in [0.1, 0.15) is 5.60 Å². The number of amides is 1. The minimum Gasteiger partial charge on any atom is -0.383 e.